The van der Waals surface area contributed by atoms with Crippen molar-refractivity contribution in [2.45, 2.75) is 19.4 Å². The average Bonchev–Trinajstić information content (AvgIpc) is 3.06. The van der Waals surface area contributed by atoms with Crippen LogP contribution in [-0.2, 0) is 6.54 Å². The molecule has 1 aliphatic carbocycles. The molecule has 1 aromatic heterocycles. The number of carboxylic acid groups (broad SMARTS) is 1. The number of aromatic carboxylic acids is 1. The maximum atomic E-state index is 14.1. The van der Waals surface area contributed by atoms with E-state index < -0.39 is 11.8 Å². The lowest BCUT2D eigenvalue weighted by molar-refractivity contribution is 0.0692. The Hall–Kier alpha value is -2.17. The third-order valence-electron chi connectivity index (χ3n) is 3.32. The van der Waals surface area contributed by atoms with E-state index in [-0.39, 0.29) is 11.1 Å². The number of benzene rings is 1. The van der Waals surface area contributed by atoms with Gasteiger partial charge in [0.05, 0.1) is 11.8 Å². The summed E-state index contributed by atoms with van der Waals surface area (Å²) in [4.78, 5) is 10.9. The maximum absolute atomic E-state index is 14.1. The molecule has 0 aliphatic heterocycles. The van der Waals surface area contributed by atoms with E-state index in [1.165, 1.54) is 18.9 Å². The fourth-order valence-corrected chi connectivity index (χ4v) is 2.09. The Kier molecular flexibility index (Phi) is 2.81. The molecule has 1 aliphatic rings. The van der Waals surface area contributed by atoms with E-state index in [1.807, 2.05) is 0 Å². The molecule has 19 heavy (non-hydrogen) atoms. The van der Waals surface area contributed by atoms with E-state index in [4.69, 9.17) is 5.11 Å². The highest BCUT2D eigenvalue weighted by atomic mass is 19.1. The third-order valence-corrected chi connectivity index (χ3v) is 3.32. The van der Waals surface area contributed by atoms with E-state index in [9.17, 15) is 9.18 Å². The van der Waals surface area contributed by atoms with Gasteiger partial charge in [-0.05, 0) is 24.8 Å². The number of hydrogen-bond acceptors (Lipinski definition) is 2. The average molecular weight is 260 g/mol. The highest BCUT2D eigenvalue weighted by Gasteiger charge is 2.22. The van der Waals surface area contributed by atoms with Crippen LogP contribution in [0.4, 0.5) is 4.39 Å². The van der Waals surface area contributed by atoms with Gasteiger partial charge in [-0.1, -0.05) is 12.1 Å². The molecule has 0 saturated heterocycles. The Morgan fingerprint density at radius 3 is 2.95 bits per heavy atom. The second-order valence-electron chi connectivity index (χ2n) is 4.87. The summed E-state index contributed by atoms with van der Waals surface area (Å²) < 4.78 is 15.9. The Balaban J connectivity index is 1.94. The largest absolute Gasteiger partial charge is 0.478 e. The molecule has 0 bridgehead atoms. The molecule has 0 radical (unpaired) electrons. The number of carboxylic acids is 1. The predicted molar refractivity (Wildman–Crippen MR) is 67.3 cm³/mol. The van der Waals surface area contributed by atoms with Crippen LogP contribution in [0.3, 0.4) is 0 Å². The first-order chi connectivity index (χ1) is 9.15. The summed E-state index contributed by atoms with van der Waals surface area (Å²) >= 11 is 0. The molecule has 1 saturated carbocycles. The van der Waals surface area contributed by atoms with Crippen molar-refractivity contribution in [3.05, 3.63) is 42.0 Å². The lowest BCUT2D eigenvalue weighted by Crippen LogP contribution is -2.01. The number of nitrogens with zero attached hydrogens (tertiary/aromatic N) is 2. The van der Waals surface area contributed by atoms with Crippen molar-refractivity contribution in [1.82, 2.24) is 9.78 Å². The molecule has 3 rings (SSSR count). The molecule has 4 nitrogen and oxygen atoms in total. The van der Waals surface area contributed by atoms with Gasteiger partial charge in [0.15, 0.2) is 0 Å². The van der Waals surface area contributed by atoms with Crippen molar-refractivity contribution in [3.63, 3.8) is 0 Å². The Morgan fingerprint density at radius 2 is 2.26 bits per heavy atom. The van der Waals surface area contributed by atoms with Crippen LogP contribution >= 0.6 is 0 Å². The summed E-state index contributed by atoms with van der Waals surface area (Å²) in [5.41, 5.74) is 0.579. The van der Waals surface area contributed by atoms with Crippen LogP contribution in [0.2, 0.25) is 0 Å². The topological polar surface area (TPSA) is 55.1 Å². The van der Waals surface area contributed by atoms with Crippen LogP contribution < -0.4 is 0 Å². The number of carbonyl (C=O) groups is 1. The molecule has 2 aromatic rings. The van der Waals surface area contributed by atoms with E-state index in [2.05, 4.69) is 5.10 Å². The third kappa shape index (κ3) is 2.36. The first-order valence-corrected chi connectivity index (χ1v) is 6.20. The van der Waals surface area contributed by atoms with Gasteiger partial charge < -0.3 is 5.11 Å². The van der Waals surface area contributed by atoms with Crippen molar-refractivity contribution in [1.29, 1.82) is 0 Å². The number of hydrogen-bond donors (Lipinski definition) is 1. The van der Waals surface area contributed by atoms with E-state index in [0.717, 1.165) is 6.54 Å². The van der Waals surface area contributed by atoms with E-state index >= 15 is 0 Å². The van der Waals surface area contributed by atoms with Crippen LogP contribution in [0.5, 0.6) is 0 Å². The second kappa shape index (κ2) is 4.50. The van der Waals surface area contributed by atoms with Crippen LogP contribution in [0, 0.1) is 11.7 Å². The van der Waals surface area contributed by atoms with Crippen LogP contribution in [0.15, 0.2) is 30.6 Å². The number of halogens is 1. The molecule has 1 fully saturated rings. The standard InChI is InChI=1S/C14H13FN2O2/c15-13-11(2-1-3-12(13)14(18)19)10-6-16-17(8-10)7-9-4-5-9/h1-3,6,8-9H,4-5,7H2,(H,18,19). The molecule has 1 heterocycles. The zero-order chi connectivity index (χ0) is 13.4. The summed E-state index contributed by atoms with van der Waals surface area (Å²) in [6.45, 7) is 0.847. The minimum atomic E-state index is -1.26. The second-order valence-corrected chi connectivity index (χ2v) is 4.87. The van der Waals surface area contributed by atoms with Gasteiger partial charge in [0.1, 0.15) is 5.82 Å². The van der Waals surface area contributed by atoms with Gasteiger partial charge in [-0.2, -0.15) is 5.10 Å². The first-order valence-electron chi connectivity index (χ1n) is 6.20. The first kappa shape index (κ1) is 11.9. The fourth-order valence-electron chi connectivity index (χ4n) is 2.09. The quantitative estimate of drug-likeness (QED) is 0.919. The van der Waals surface area contributed by atoms with Gasteiger partial charge in [-0.15, -0.1) is 0 Å². The Labute approximate surface area is 109 Å². The number of rotatable bonds is 4. The van der Waals surface area contributed by atoms with E-state index in [0.29, 0.717) is 11.5 Å². The molecule has 0 spiro atoms. The minimum Gasteiger partial charge on any atom is -0.478 e. The Bertz CT molecular complexity index is 632. The van der Waals surface area contributed by atoms with Gasteiger partial charge in [0, 0.05) is 23.9 Å². The molecular weight excluding hydrogens is 247 g/mol. The van der Waals surface area contributed by atoms with Gasteiger partial charge in [0.2, 0.25) is 0 Å². The monoisotopic (exact) mass is 260 g/mol. The molecule has 0 unspecified atom stereocenters. The van der Waals surface area contributed by atoms with Crippen molar-refractivity contribution < 1.29 is 14.3 Å². The molecule has 1 N–H and O–H groups in total. The molecule has 98 valence electrons. The zero-order valence-corrected chi connectivity index (χ0v) is 10.2. The van der Waals surface area contributed by atoms with Crippen LogP contribution in [-0.4, -0.2) is 20.9 Å². The van der Waals surface area contributed by atoms with Crippen molar-refractivity contribution >= 4 is 5.97 Å². The molecular formula is C14H13FN2O2. The summed E-state index contributed by atoms with van der Waals surface area (Å²) in [5, 5.41) is 13.1. The van der Waals surface area contributed by atoms with Crippen molar-refractivity contribution in [2.75, 3.05) is 0 Å². The highest BCUT2D eigenvalue weighted by Crippen LogP contribution is 2.31. The SMILES string of the molecule is O=C(O)c1cccc(-c2cnn(CC3CC3)c2)c1F. The summed E-state index contributed by atoms with van der Waals surface area (Å²) in [7, 11) is 0. The van der Waals surface area contributed by atoms with Crippen molar-refractivity contribution in [2.24, 2.45) is 5.92 Å². The maximum Gasteiger partial charge on any atom is 0.338 e. The molecule has 5 heteroatoms. The van der Waals surface area contributed by atoms with Crippen molar-refractivity contribution in [3.8, 4) is 11.1 Å². The Morgan fingerprint density at radius 1 is 1.47 bits per heavy atom. The zero-order valence-electron chi connectivity index (χ0n) is 10.2. The summed E-state index contributed by atoms with van der Waals surface area (Å²) in [6.07, 6.45) is 5.78. The lowest BCUT2D eigenvalue weighted by Gasteiger charge is -2.03. The van der Waals surface area contributed by atoms with Gasteiger partial charge in [-0.3, -0.25) is 4.68 Å². The van der Waals surface area contributed by atoms with E-state index in [1.54, 1.807) is 29.2 Å². The van der Waals surface area contributed by atoms with Gasteiger partial charge >= 0.3 is 5.97 Å². The summed E-state index contributed by atoms with van der Waals surface area (Å²) in [6, 6.07) is 4.37. The smallest absolute Gasteiger partial charge is 0.338 e. The number of aromatic nitrogens is 2. The van der Waals surface area contributed by atoms with Crippen LogP contribution in [0.25, 0.3) is 11.1 Å². The molecule has 1 aromatic carbocycles. The molecule has 0 atom stereocenters. The van der Waals surface area contributed by atoms with Gasteiger partial charge in [0.25, 0.3) is 0 Å². The lowest BCUT2D eigenvalue weighted by atomic mass is 10.1. The van der Waals surface area contributed by atoms with Gasteiger partial charge in [-0.25, -0.2) is 9.18 Å². The normalized spacial score (nSPS) is 14.6. The minimum absolute atomic E-state index is 0.280. The summed E-state index contributed by atoms with van der Waals surface area (Å²) in [5.74, 6) is -1.28. The van der Waals surface area contributed by atoms with Crippen LogP contribution in [0.1, 0.15) is 23.2 Å². The fraction of sp³-hybridized carbons (Fsp3) is 0.286. The highest BCUT2D eigenvalue weighted by molar-refractivity contribution is 5.89. The molecule has 0 amide bonds. The predicted octanol–water partition coefficient (Wildman–Crippen LogP) is 2.80.